The quantitative estimate of drug-likeness (QED) is 0.0153. The van der Waals surface area contributed by atoms with Crippen molar-refractivity contribution in [2.45, 2.75) is 187 Å². The summed E-state index contributed by atoms with van der Waals surface area (Å²) in [6.45, 7) is 4.50. The smallest absolute Gasteiger partial charge is 0.462 e. The van der Waals surface area contributed by atoms with Crippen LogP contribution in [-0.2, 0) is 32.7 Å². The third-order valence-corrected chi connectivity index (χ3v) is 9.95. The molecule has 326 valence electrons. The predicted molar refractivity (Wildman–Crippen MR) is 225 cm³/mol. The zero-order chi connectivity index (χ0) is 41.5. The fraction of sp³-hybridized carbons (Fsp3) is 0.773. The van der Waals surface area contributed by atoms with Gasteiger partial charge in [0, 0.05) is 12.8 Å². The molecular weight excluding hydrogens is 735 g/mol. The van der Waals surface area contributed by atoms with Gasteiger partial charge >= 0.3 is 19.8 Å². The number of carbonyl (C=O) groups excluding carboxylic acids is 2. The average Bonchev–Trinajstić information content (AvgIpc) is 3.16. The van der Waals surface area contributed by atoms with E-state index in [0.717, 1.165) is 38.0 Å². The molecule has 0 aliphatic rings. The first kappa shape index (κ1) is 53.9. The Balaban J connectivity index is 4.48. The van der Waals surface area contributed by atoms with E-state index in [0.29, 0.717) is 25.7 Å². The number of phosphoric acid groups is 1. The summed E-state index contributed by atoms with van der Waals surface area (Å²) in [5, 5.41) is 28.4. The van der Waals surface area contributed by atoms with E-state index in [2.05, 4.69) is 43.5 Å². The van der Waals surface area contributed by atoms with Gasteiger partial charge in [-0.05, 0) is 50.9 Å². The van der Waals surface area contributed by atoms with Gasteiger partial charge in [0.25, 0.3) is 0 Å². The molecule has 2 unspecified atom stereocenters. The highest BCUT2D eigenvalue weighted by atomic mass is 31.2. The fourth-order valence-electron chi connectivity index (χ4n) is 5.60. The van der Waals surface area contributed by atoms with E-state index >= 15 is 0 Å². The highest BCUT2D eigenvalue weighted by molar-refractivity contribution is 7.47. The summed E-state index contributed by atoms with van der Waals surface area (Å²) in [7, 11) is -4.65. The van der Waals surface area contributed by atoms with E-state index in [1.165, 1.54) is 77.0 Å². The molecule has 0 heterocycles. The van der Waals surface area contributed by atoms with Gasteiger partial charge in [-0.3, -0.25) is 18.6 Å². The van der Waals surface area contributed by atoms with E-state index in [4.69, 9.17) is 19.1 Å². The van der Waals surface area contributed by atoms with E-state index in [9.17, 15) is 29.3 Å². The van der Waals surface area contributed by atoms with Gasteiger partial charge in [-0.25, -0.2) is 4.57 Å². The predicted octanol–water partition coefficient (Wildman–Crippen LogP) is 10.2. The monoisotopic (exact) mass is 815 g/mol. The number of phosphoric ester groups is 1. The highest BCUT2D eigenvalue weighted by Crippen LogP contribution is 2.43. The van der Waals surface area contributed by atoms with Crippen molar-refractivity contribution in [3.05, 3.63) is 48.6 Å². The van der Waals surface area contributed by atoms with Gasteiger partial charge < -0.3 is 29.7 Å². The Labute approximate surface area is 339 Å². The van der Waals surface area contributed by atoms with Crippen molar-refractivity contribution in [2.75, 3.05) is 26.4 Å². The maximum atomic E-state index is 12.6. The maximum Gasteiger partial charge on any atom is 0.472 e. The molecule has 0 spiro atoms. The van der Waals surface area contributed by atoms with Gasteiger partial charge in [0.2, 0.25) is 0 Å². The van der Waals surface area contributed by atoms with Crippen molar-refractivity contribution >= 4 is 19.8 Å². The molecule has 4 atom stereocenters. The number of allylic oxidation sites excluding steroid dienone is 6. The van der Waals surface area contributed by atoms with Crippen molar-refractivity contribution in [1.29, 1.82) is 0 Å². The first-order valence-corrected chi connectivity index (χ1v) is 23.1. The normalized spacial score (nSPS) is 15.0. The van der Waals surface area contributed by atoms with Crippen LogP contribution in [0.1, 0.15) is 168 Å². The number of ether oxygens (including phenoxy) is 2. The molecule has 56 heavy (non-hydrogen) atoms. The molecular formula is C44H79O11P. The lowest BCUT2D eigenvalue weighted by Gasteiger charge is -2.20. The van der Waals surface area contributed by atoms with Crippen LogP contribution in [0.4, 0.5) is 0 Å². The molecule has 0 saturated carbocycles. The van der Waals surface area contributed by atoms with Gasteiger partial charge in [0.15, 0.2) is 6.10 Å². The fourth-order valence-corrected chi connectivity index (χ4v) is 6.39. The first-order chi connectivity index (χ1) is 27.0. The average molecular weight is 815 g/mol. The topological polar surface area (TPSA) is 169 Å². The van der Waals surface area contributed by atoms with Gasteiger partial charge in [-0.1, -0.05) is 159 Å². The van der Waals surface area contributed by atoms with Crippen LogP contribution in [0.15, 0.2) is 48.6 Å². The van der Waals surface area contributed by atoms with E-state index in [1.807, 2.05) is 18.2 Å². The molecule has 0 aliphatic carbocycles. The van der Waals surface area contributed by atoms with E-state index in [-0.39, 0.29) is 19.4 Å². The van der Waals surface area contributed by atoms with Crippen molar-refractivity contribution < 1.29 is 52.9 Å². The lowest BCUT2D eigenvalue weighted by atomic mass is 10.0. The molecule has 0 aromatic heterocycles. The number of hydrogen-bond acceptors (Lipinski definition) is 10. The largest absolute Gasteiger partial charge is 0.472 e. The summed E-state index contributed by atoms with van der Waals surface area (Å²) in [6.07, 6.45) is 35.4. The zero-order valence-corrected chi connectivity index (χ0v) is 36.0. The summed E-state index contributed by atoms with van der Waals surface area (Å²) in [5.41, 5.74) is 0. The summed E-state index contributed by atoms with van der Waals surface area (Å²) in [4.78, 5) is 35.0. The van der Waals surface area contributed by atoms with Crippen molar-refractivity contribution in [2.24, 2.45) is 5.92 Å². The summed E-state index contributed by atoms with van der Waals surface area (Å²) >= 11 is 0. The van der Waals surface area contributed by atoms with Gasteiger partial charge in [0.05, 0.1) is 25.9 Å². The SMILES string of the molecule is CCCCC/C=C\C/C=C\CC(O)/C=C\C=C\CCCC(=O)OC[C@H](COP(=O)(O)OC[C@@H](O)CO)OC(=O)CCCCCCCCCCCCCCC(C)C. The van der Waals surface area contributed by atoms with Crippen LogP contribution in [-0.4, -0.2) is 76.9 Å². The minimum Gasteiger partial charge on any atom is -0.462 e. The Morgan fingerprint density at radius 2 is 1.25 bits per heavy atom. The van der Waals surface area contributed by atoms with Crippen LogP contribution in [0.3, 0.4) is 0 Å². The third-order valence-electron chi connectivity index (χ3n) is 8.99. The second kappa shape index (κ2) is 38.4. The van der Waals surface area contributed by atoms with Crippen LogP contribution in [0.5, 0.6) is 0 Å². The van der Waals surface area contributed by atoms with Crippen molar-refractivity contribution in [1.82, 2.24) is 0 Å². The Kier molecular flexibility index (Phi) is 37.0. The molecule has 0 radical (unpaired) electrons. The number of rotatable bonds is 39. The number of esters is 2. The highest BCUT2D eigenvalue weighted by Gasteiger charge is 2.27. The Hall–Kier alpha value is -2.11. The molecule has 0 amide bonds. The van der Waals surface area contributed by atoms with Crippen LogP contribution in [0, 0.1) is 5.92 Å². The third kappa shape index (κ3) is 38.7. The lowest BCUT2D eigenvalue weighted by Crippen LogP contribution is -2.29. The molecule has 4 N–H and O–H groups in total. The van der Waals surface area contributed by atoms with Crippen molar-refractivity contribution in [3.63, 3.8) is 0 Å². The summed E-state index contributed by atoms with van der Waals surface area (Å²) in [6, 6.07) is 0. The number of hydrogen-bond donors (Lipinski definition) is 4. The Bertz CT molecular complexity index is 1100. The number of carbonyl (C=O) groups is 2. The molecule has 0 aromatic carbocycles. The van der Waals surface area contributed by atoms with Gasteiger partial charge in [-0.15, -0.1) is 0 Å². The molecule has 11 nitrogen and oxygen atoms in total. The number of aliphatic hydroxyl groups excluding tert-OH is 3. The van der Waals surface area contributed by atoms with Crippen LogP contribution >= 0.6 is 7.82 Å². The number of aliphatic hydroxyl groups is 3. The minimum absolute atomic E-state index is 0.106. The van der Waals surface area contributed by atoms with Crippen LogP contribution in [0.25, 0.3) is 0 Å². The molecule has 0 rings (SSSR count). The summed E-state index contributed by atoms with van der Waals surface area (Å²) < 4.78 is 32.6. The first-order valence-electron chi connectivity index (χ1n) is 21.6. The van der Waals surface area contributed by atoms with Gasteiger partial charge in [0.1, 0.15) is 12.7 Å². The molecule has 0 saturated heterocycles. The lowest BCUT2D eigenvalue weighted by molar-refractivity contribution is -0.161. The second-order valence-electron chi connectivity index (χ2n) is 15.0. The molecule has 0 aromatic rings. The standard InChI is InChI=1S/C44H79O11P/c1-4-5-6-7-8-13-17-21-26-31-40(46)32-27-22-19-24-28-33-43(48)52-37-42(38-54-56(50,51)53-36-41(47)35-45)55-44(49)34-29-23-18-15-12-10-9-11-14-16-20-25-30-39(2)3/h8,13,19,21-22,26-27,32,39-42,45-47H,4-7,9-12,14-18,20,23-25,28-31,33-38H2,1-3H3,(H,50,51)/b13-8-,22-19+,26-21-,32-27-/t40?,41-,42+/m0/s1. The number of unbranched alkanes of at least 4 members (excludes halogenated alkanes) is 15. The van der Waals surface area contributed by atoms with E-state index in [1.54, 1.807) is 12.2 Å². The second-order valence-corrected chi connectivity index (χ2v) is 16.5. The molecule has 0 aliphatic heterocycles. The zero-order valence-electron chi connectivity index (χ0n) is 35.1. The van der Waals surface area contributed by atoms with E-state index < -0.39 is 57.9 Å². The Morgan fingerprint density at radius 3 is 1.89 bits per heavy atom. The molecule has 0 bridgehead atoms. The Morgan fingerprint density at radius 1 is 0.661 bits per heavy atom. The van der Waals surface area contributed by atoms with Gasteiger partial charge in [-0.2, -0.15) is 0 Å². The van der Waals surface area contributed by atoms with Crippen molar-refractivity contribution in [3.8, 4) is 0 Å². The molecule has 0 fully saturated rings. The van der Waals surface area contributed by atoms with Crippen LogP contribution in [0.2, 0.25) is 0 Å². The summed E-state index contributed by atoms with van der Waals surface area (Å²) in [5.74, 6) is -0.257. The minimum atomic E-state index is -4.65. The molecule has 12 heteroatoms. The maximum absolute atomic E-state index is 12.6. The van der Waals surface area contributed by atoms with Crippen LogP contribution < -0.4 is 0 Å².